The number of hydrogen-bond donors (Lipinski definition) is 0. The van der Waals surface area contributed by atoms with Gasteiger partial charge in [-0.2, -0.15) is 0 Å². The fourth-order valence-electron chi connectivity index (χ4n) is 2.42. The molecule has 0 aliphatic rings. The van der Waals surface area contributed by atoms with Crippen LogP contribution in [0.5, 0.6) is 0 Å². The van der Waals surface area contributed by atoms with E-state index in [-0.39, 0.29) is 11.4 Å². The average Bonchev–Trinajstić information content (AvgIpc) is 2.62. The van der Waals surface area contributed by atoms with Crippen molar-refractivity contribution in [3.63, 3.8) is 0 Å². The molecule has 0 saturated carbocycles. The number of anilines is 1. The molecule has 0 aliphatic heterocycles. The summed E-state index contributed by atoms with van der Waals surface area (Å²) < 4.78 is 27.7. The van der Waals surface area contributed by atoms with Crippen molar-refractivity contribution >= 4 is 38.9 Å². The van der Waals surface area contributed by atoms with E-state index >= 15 is 0 Å². The van der Waals surface area contributed by atoms with Gasteiger partial charge in [0.2, 0.25) is 0 Å². The van der Waals surface area contributed by atoms with Crippen LogP contribution in [0.1, 0.15) is 5.56 Å². The van der Waals surface area contributed by atoms with Gasteiger partial charge in [-0.05, 0) is 48.0 Å². The molecule has 0 spiro atoms. The van der Waals surface area contributed by atoms with Gasteiger partial charge < -0.3 is 0 Å². The predicted octanol–water partition coefficient (Wildman–Crippen LogP) is 5.39. The lowest BCUT2D eigenvalue weighted by molar-refractivity contribution is 0.590. The van der Waals surface area contributed by atoms with Crippen LogP contribution in [0.15, 0.2) is 83.8 Å². The van der Waals surface area contributed by atoms with Crippen molar-refractivity contribution in [2.75, 3.05) is 4.31 Å². The van der Waals surface area contributed by atoms with E-state index in [0.717, 1.165) is 5.56 Å². The van der Waals surface area contributed by atoms with Crippen LogP contribution in [0.25, 0.3) is 0 Å². The molecule has 6 heteroatoms. The molecule has 0 amide bonds. The molecular weight excluding hydrogens is 377 g/mol. The minimum atomic E-state index is -3.74. The Balaban J connectivity index is 2.07. The van der Waals surface area contributed by atoms with E-state index in [1.807, 2.05) is 0 Å². The summed E-state index contributed by atoms with van der Waals surface area (Å²) in [5, 5.41) is 1.07. The molecule has 0 bridgehead atoms. The number of rotatable bonds is 5. The quantitative estimate of drug-likeness (QED) is 0.584. The van der Waals surface area contributed by atoms with E-state index in [1.165, 1.54) is 4.31 Å². The van der Waals surface area contributed by atoms with E-state index in [4.69, 9.17) is 23.2 Å². The topological polar surface area (TPSA) is 37.4 Å². The van der Waals surface area contributed by atoms with Crippen molar-refractivity contribution < 1.29 is 8.42 Å². The van der Waals surface area contributed by atoms with Crippen LogP contribution >= 0.6 is 23.2 Å². The molecular formula is C19H15Cl2NO2S. The lowest BCUT2D eigenvalue weighted by atomic mass is 10.2. The molecule has 25 heavy (non-hydrogen) atoms. The van der Waals surface area contributed by atoms with Crippen molar-refractivity contribution in [1.29, 1.82) is 0 Å². The molecule has 0 radical (unpaired) electrons. The summed E-state index contributed by atoms with van der Waals surface area (Å²) in [6, 6.07) is 22.2. The molecule has 0 saturated heterocycles. The van der Waals surface area contributed by atoms with Crippen LogP contribution in [-0.2, 0) is 16.6 Å². The van der Waals surface area contributed by atoms with E-state index < -0.39 is 10.0 Å². The van der Waals surface area contributed by atoms with Crippen molar-refractivity contribution in [3.8, 4) is 0 Å². The fourth-order valence-corrected chi connectivity index (χ4v) is 4.20. The van der Waals surface area contributed by atoms with Crippen LogP contribution in [0, 0.1) is 0 Å². The normalized spacial score (nSPS) is 11.3. The zero-order valence-corrected chi connectivity index (χ0v) is 15.5. The van der Waals surface area contributed by atoms with Crippen LogP contribution in [-0.4, -0.2) is 8.42 Å². The first-order chi connectivity index (χ1) is 12.0. The molecule has 0 aliphatic carbocycles. The maximum Gasteiger partial charge on any atom is 0.264 e. The highest BCUT2D eigenvalue weighted by Gasteiger charge is 2.25. The molecule has 0 N–H and O–H groups in total. The van der Waals surface area contributed by atoms with Gasteiger partial charge in [-0.3, -0.25) is 4.31 Å². The first kappa shape index (κ1) is 17.8. The summed E-state index contributed by atoms with van der Waals surface area (Å²) in [5.41, 5.74) is 1.33. The number of benzene rings is 3. The lowest BCUT2D eigenvalue weighted by Crippen LogP contribution is -2.30. The molecule has 3 rings (SSSR count). The SMILES string of the molecule is O=S(=O)(c1ccccc1)N(Cc1ccc(Cl)cc1)c1cccc(Cl)c1. The molecule has 3 aromatic rings. The van der Waals surface area contributed by atoms with E-state index in [0.29, 0.717) is 15.7 Å². The van der Waals surface area contributed by atoms with E-state index in [9.17, 15) is 8.42 Å². The largest absolute Gasteiger partial charge is 0.264 e. The molecule has 3 aromatic carbocycles. The first-order valence-electron chi connectivity index (χ1n) is 7.54. The highest BCUT2D eigenvalue weighted by molar-refractivity contribution is 7.92. The molecule has 0 atom stereocenters. The van der Waals surface area contributed by atoms with Crippen molar-refractivity contribution in [3.05, 3.63) is 94.5 Å². The Morgan fingerprint density at radius 1 is 0.760 bits per heavy atom. The van der Waals surface area contributed by atoms with Gasteiger partial charge in [-0.25, -0.2) is 8.42 Å². The Labute approximate surface area is 157 Å². The molecule has 0 unspecified atom stereocenters. The first-order valence-corrected chi connectivity index (χ1v) is 9.74. The second kappa shape index (κ2) is 7.48. The molecule has 0 fully saturated rings. The standard InChI is InChI=1S/C19H15Cl2NO2S/c20-16-11-9-15(10-12-16)14-22(18-6-4-5-17(21)13-18)25(23,24)19-7-2-1-3-8-19/h1-13H,14H2. The third-order valence-corrected chi connectivity index (χ3v) is 5.94. The third kappa shape index (κ3) is 4.15. The van der Waals surface area contributed by atoms with Crippen LogP contribution in [0.2, 0.25) is 10.0 Å². The van der Waals surface area contributed by atoms with Crippen molar-refractivity contribution in [2.45, 2.75) is 11.4 Å². The number of sulfonamides is 1. The van der Waals surface area contributed by atoms with Gasteiger partial charge in [-0.1, -0.05) is 59.6 Å². The van der Waals surface area contributed by atoms with Gasteiger partial charge in [0.1, 0.15) is 0 Å². The maximum atomic E-state index is 13.2. The molecule has 3 nitrogen and oxygen atoms in total. The highest BCUT2D eigenvalue weighted by atomic mass is 35.5. The number of nitrogens with zero attached hydrogens (tertiary/aromatic N) is 1. The summed E-state index contributed by atoms with van der Waals surface area (Å²) in [6.07, 6.45) is 0. The highest BCUT2D eigenvalue weighted by Crippen LogP contribution is 2.28. The third-order valence-electron chi connectivity index (χ3n) is 3.67. The Bertz CT molecular complexity index is 958. The van der Waals surface area contributed by atoms with Crippen LogP contribution in [0.4, 0.5) is 5.69 Å². The summed E-state index contributed by atoms with van der Waals surface area (Å²) in [5.74, 6) is 0. The Kier molecular flexibility index (Phi) is 5.33. The van der Waals surface area contributed by atoms with Crippen LogP contribution in [0.3, 0.4) is 0 Å². The van der Waals surface area contributed by atoms with Gasteiger partial charge in [0.05, 0.1) is 17.1 Å². The summed E-state index contributed by atoms with van der Waals surface area (Å²) >= 11 is 12.0. The lowest BCUT2D eigenvalue weighted by Gasteiger charge is -2.25. The number of halogens is 2. The van der Waals surface area contributed by atoms with Crippen molar-refractivity contribution in [1.82, 2.24) is 0 Å². The number of hydrogen-bond acceptors (Lipinski definition) is 2. The zero-order valence-electron chi connectivity index (χ0n) is 13.1. The van der Waals surface area contributed by atoms with E-state index in [2.05, 4.69) is 0 Å². The Morgan fingerprint density at radius 2 is 1.44 bits per heavy atom. The van der Waals surface area contributed by atoms with Gasteiger partial charge in [0, 0.05) is 10.0 Å². The molecule has 0 heterocycles. The van der Waals surface area contributed by atoms with Gasteiger partial charge in [-0.15, -0.1) is 0 Å². The van der Waals surface area contributed by atoms with Crippen LogP contribution < -0.4 is 4.31 Å². The van der Waals surface area contributed by atoms with Gasteiger partial charge in [0.25, 0.3) is 10.0 Å². The Hall–Kier alpha value is -2.01. The van der Waals surface area contributed by atoms with E-state index in [1.54, 1.807) is 78.9 Å². The fraction of sp³-hybridized carbons (Fsp3) is 0.0526. The predicted molar refractivity (Wildman–Crippen MR) is 103 cm³/mol. The second-order valence-electron chi connectivity index (χ2n) is 5.43. The monoisotopic (exact) mass is 391 g/mol. The van der Waals surface area contributed by atoms with Crippen molar-refractivity contribution in [2.24, 2.45) is 0 Å². The summed E-state index contributed by atoms with van der Waals surface area (Å²) in [4.78, 5) is 0.226. The minimum absolute atomic E-state index is 0.175. The molecule has 128 valence electrons. The van der Waals surface area contributed by atoms with Gasteiger partial charge >= 0.3 is 0 Å². The molecule has 0 aromatic heterocycles. The average molecular weight is 392 g/mol. The summed E-state index contributed by atoms with van der Waals surface area (Å²) in [7, 11) is -3.74. The minimum Gasteiger partial charge on any atom is -0.262 e. The Morgan fingerprint density at radius 3 is 2.08 bits per heavy atom. The maximum absolute atomic E-state index is 13.2. The second-order valence-corrected chi connectivity index (χ2v) is 8.17. The summed E-state index contributed by atoms with van der Waals surface area (Å²) in [6.45, 7) is 0.175. The smallest absolute Gasteiger partial charge is 0.262 e. The zero-order chi connectivity index (χ0) is 17.9. The van der Waals surface area contributed by atoms with Gasteiger partial charge in [0.15, 0.2) is 0 Å².